The van der Waals surface area contributed by atoms with Gasteiger partial charge in [-0.1, -0.05) is 24.0 Å². The fraction of sp³-hybridized carbons (Fsp3) is 0.500. The van der Waals surface area contributed by atoms with Crippen LogP contribution in [0.4, 0.5) is 0 Å². The maximum atomic E-state index is 5.13. The van der Waals surface area contributed by atoms with Crippen LogP contribution in [-0.2, 0) is 0 Å². The van der Waals surface area contributed by atoms with Gasteiger partial charge in [0, 0.05) is 23.9 Å². The number of fused-ring (bicyclic) bond motifs is 1. The van der Waals surface area contributed by atoms with Crippen LogP contribution < -0.4 is 10.6 Å². The highest BCUT2D eigenvalue weighted by atomic mass is 32.2. The number of thioether (sulfide) groups is 1. The number of hydrogen-bond donors (Lipinski definition) is 2. The van der Waals surface area contributed by atoms with Gasteiger partial charge in [-0.25, -0.2) is 0 Å². The van der Waals surface area contributed by atoms with Crippen molar-refractivity contribution >= 4 is 28.3 Å². The number of allylic oxidation sites excluding steroid dienone is 3. The van der Waals surface area contributed by atoms with Gasteiger partial charge in [-0.15, -0.1) is 0 Å². The van der Waals surface area contributed by atoms with Gasteiger partial charge < -0.3 is 10.6 Å². The van der Waals surface area contributed by atoms with Crippen LogP contribution in [0.2, 0.25) is 0 Å². The Morgan fingerprint density at radius 2 is 2.36 bits per heavy atom. The Hall–Kier alpha value is -0.480. The van der Waals surface area contributed by atoms with Crippen molar-refractivity contribution in [1.82, 2.24) is 10.6 Å². The lowest BCUT2D eigenvalue weighted by atomic mass is 10.1. The summed E-state index contributed by atoms with van der Waals surface area (Å²) in [5.74, 6) is 0. The zero-order valence-corrected chi connectivity index (χ0v) is 9.97. The second kappa shape index (κ2) is 3.95. The van der Waals surface area contributed by atoms with Crippen molar-refractivity contribution in [1.29, 1.82) is 0 Å². The minimum absolute atomic E-state index is 0.502. The molecule has 1 heterocycles. The van der Waals surface area contributed by atoms with E-state index in [1.54, 1.807) is 11.8 Å². The molecule has 1 saturated heterocycles. The fourth-order valence-electron chi connectivity index (χ4n) is 1.66. The lowest BCUT2D eigenvalue weighted by Gasteiger charge is -2.20. The first kappa shape index (κ1) is 10.1. The highest BCUT2D eigenvalue weighted by Crippen LogP contribution is 2.33. The van der Waals surface area contributed by atoms with E-state index in [1.807, 2.05) is 0 Å². The zero-order valence-electron chi connectivity index (χ0n) is 8.33. The first-order valence-electron chi connectivity index (χ1n) is 4.80. The second-order valence-electron chi connectivity index (χ2n) is 3.84. The van der Waals surface area contributed by atoms with E-state index < -0.39 is 0 Å². The Morgan fingerprint density at radius 3 is 3.07 bits per heavy atom. The second-order valence-corrected chi connectivity index (χ2v) is 5.72. The fourth-order valence-corrected chi connectivity index (χ4v) is 3.09. The molecule has 1 aliphatic carbocycles. The van der Waals surface area contributed by atoms with Gasteiger partial charge in [-0.05, 0) is 26.0 Å². The van der Waals surface area contributed by atoms with Crippen LogP contribution in [-0.4, -0.2) is 15.6 Å². The standard InChI is InChI=1S/C10H14N2S2/c1-6(2)11-7-3-4-8-9(5-7)14-10(13)12-8/h3-4,6,9,11H,5H2,1-2H3,(H,12,13). The van der Waals surface area contributed by atoms with Gasteiger partial charge in [-0.2, -0.15) is 0 Å². The molecule has 1 unspecified atom stereocenters. The summed E-state index contributed by atoms with van der Waals surface area (Å²) in [6.45, 7) is 4.31. The Balaban J connectivity index is 2.05. The molecule has 0 aromatic heterocycles. The van der Waals surface area contributed by atoms with E-state index in [4.69, 9.17) is 12.2 Å². The van der Waals surface area contributed by atoms with E-state index >= 15 is 0 Å². The van der Waals surface area contributed by atoms with Gasteiger partial charge in [0.25, 0.3) is 0 Å². The summed E-state index contributed by atoms with van der Waals surface area (Å²) >= 11 is 6.88. The highest BCUT2D eigenvalue weighted by molar-refractivity contribution is 8.23. The highest BCUT2D eigenvalue weighted by Gasteiger charge is 2.28. The van der Waals surface area contributed by atoms with Crippen molar-refractivity contribution in [2.45, 2.75) is 31.6 Å². The van der Waals surface area contributed by atoms with E-state index in [-0.39, 0.29) is 0 Å². The molecule has 4 heteroatoms. The van der Waals surface area contributed by atoms with Gasteiger partial charge in [0.05, 0.1) is 5.25 Å². The molecule has 2 rings (SSSR count). The summed E-state index contributed by atoms with van der Waals surface area (Å²) in [7, 11) is 0. The van der Waals surface area contributed by atoms with Crippen molar-refractivity contribution in [3.63, 3.8) is 0 Å². The Morgan fingerprint density at radius 1 is 1.57 bits per heavy atom. The van der Waals surface area contributed by atoms with Gasteiger partial charge in [0.15, 0.2) is 0 Å². The maximum absolute atomic E-state index is 5.13. The number of hydrogen-bond acceptors (Lipinski definition) is 3. The van der Waals surface area contributed by atoms with Gasteiger partial charge in [0.2, 0.25) is 0 Å². The predicted octanol–water partition coefficient (Wildman–Crippen LogP) is 2.15. The molecule has 0 spiro atoms. The van der Waals surface area contributed by atoms with Gasteiger partial charge in [-0.3, -0.25) is 0 Å². The number of thiocarbonyl (C=S) groups is 1. The molecule has 76 valence electrons. The van der Waals surface area contributed by atoms with Crippen LogP contribution in [0.15, 0.2) is 23.5 Å². The molecule has 0 aromatic rings. The van der Waals surface area contributed by atoms with E-state index in [0.29, 0.717) is 11.3 Å². The quantitative estimate of drug-likeness (QED) is 0.705. The third-order valence-electron chi connectivity index (χ3n) is 2.19. The Bertz CT molecular complexity index is 318. The third-order valence-corrected chi connectivity index (χ3v) is 3.60. The third kappa shape index (κ3) is 2.12. The molecule has 1 fully saturated rings. The normalized spacial score (nSPS) is 25.4. The van der Waals surface area contributed by atoms with Crippen molar-refractivity contribution in [3.8, 4) is 0 Å². The lowest BCUT2D eigenvalue weighted by Crippen LogP contribution is -2.26. The molecule has 14 heavy (non-hydrogen) atoms. The lowest BCUT2D eigenvalue weighted by molar-refractivity contribution is 0.637. The molecule has 0 amide bonds. The van der Waals surface area contributed by atoms with E-state index in [0.717, 1.165) is 10.7 Å². The van der Waals surface area contributed by atoms with E-state index in [9.17, 15) is 0 Å². The topological polar surface area (TPSA) is 24.1 Å². The predicted molar refractivity (Wildman–Crippen MR) is 66.2 cm³/mol. The summed E-state index contributed by atoms with van der Waals surface area (Å²) in [6.07, 6.45) is 5.33. The molecule has 2 N–H and O–H groups in total. The molecule has 2 nitrogen and oxygen atoms in total. The molecule has 2 aliphatic rings. The molecule has 1 atom stereocenters. The molecule has 0 aromatic carbocycles. The SMILES string of the molecule is CC(C)NC1=CC=C2NC(=S)SC2C1. The van der Waals surface area contributed by atoms with Crippen molar-refractivity contribution in [2.75, 3.05) is 0 Å². The molecule has 0 saturated carbocycles. The first-order chi connectivity index (χ1) is 6.65. The maximum Gasteiger partial charge on any atom is 0.138 e. The first-order valence-corrected chi connectivity index (χ1v) is 6.09. The van der Waals surface area contributed by atoms with Gasteiger partial charge >= 0.3 is 0 Å². The van der Waals surface area contributed by atoms with Crippen LogP contribution in [0.5, 0.6) is 0 Å². The summed E-state index contributed by atoms with van der Waals surface area (Å²) < 4.78 is 0.903. The van der Waals surface area contributed by atoms with Crippen molar-refractivity contribution in [2.24, 2.45) is 0 Å². The van der Waals surface area contributed by atoms with E-state index in [1.165, 1.54) is 11.4 Å². The smallest absolute Gasteiger partial charge is 0.138 e. The van der Waals surface area contributed by atoms with Crippen molar-refractivity contribution < 1.29 is 0 Å². The Kier molecular flexibility index (Phi) is 2.83. The van der Waals surface area contributed by atoms with Crippen LogP contribution >= 0.6 is 24.0 Å². The van der Waals surface area contributed by atoms with Crippen LogP contribution in [0, 0.1) is 0 Å². The van der Waals surface area contributed by atoms with E-state index in [2.05, 4.69) is 36.6 Å². The minimum Gasteiger partial charge on any atom is -0.386 e. The summed E-state index contributed by atoms with van der Waals surface area (Å²) in [5.41, 5.74) is 2.57. The van der Waals surface area contributed by atoms with Crippen LogP contribution in [0.25, 0.3) is 0 Å². The van der Waals surface area contributed by atoms with Gasteiger partial charge in [0.1, 0.15) is 4.32 Å². The Labute approximate surface area is 94.2 Å². The van der Waals surface area contributed by atoms with Crippen LogP contribution in [0.3, 0.4) is 0 Å². The minimum atomic E-state index is 0.502. The van der Waals surface area contributed by atoms with Crippen LogP contribution in [0.1, 0.15) is 20.3 Å². The zero-order chi connectivity index (χ0) is 10.1. The molecular weight excluding hydrogens is 212 g/mol. The molecule has 0 bridgehead atoms. The number of rotatable bonds is 2. The largest absolute Gasteiger partial charge is 0.386 e. The molecular formula is C10H14N2S2. The summed E-state index contributed by atoms with van der Waals surface area (Å²) in [4.78, 5) is 0. The average Bonchev–Trinajstić information content (AvgIpc) is 2.42. The summed E-state index contributed by atoms with van der Waals surface area (Å²) in [6, 6.07) is 0.502. The monoisotopic (exact) mass is 226 g/mol. The summed E-state index contributed by atoms with van der Waals surface area (Å²) in [5, 5.41) is 7.16. The molecule has 1 aliphatic heterocycles. The number of nitrogens with one attached hydrogen (secondary N) is 2. The average molecular weight is 226 g/mol. The molecule has 0 radical (unpaired) electrons. The van der Waals surface area contributed by atoms with Crippen molar-refractivity contribution in [3.05, 3.63) is 23.5 Å².